The van der Waals surface area contributed by atoms with Crippen LogP contribution in [0.1, 0.15) is 36.0 Å². The van der Waals surface area contributed by atoms with Gasteiger partial charge in [-0.15, -0.1) is 11.8 Å². The van der Waals surface area contributed by atoms with Crippen molar-refractivity contribution in [3.63, 3.8) is 0 Å². The van der Waals surface area contributed by atoms with E-state index in [0.717, 1.165) is 30.6 Å². The molecule has 5 heteroatoms. The maximum Gasteiger partial charge on any atom is 0.341 e. The van der Waals surface area contributed by atoms with E-state index in [1.165, 1.54) is 7.11 Å². The summed E-state index contributed by atoms with van der Waals surface area (Å²) in [6.07, 6.45) is 5.95. The molecule has 1 aromatic rings. The highest BCUT2D eigenvalue weighted by Crippen LogP contribution is 2.30. The van der Waals surface area contributed by atoms with Crippen molar-refractivity contribution in [3.8, 4) is 5.75 Å². The molecule has 0 heterocycles. The molecular weight excluding hydrogens is 274 g/mol. The van der Waals surface area contributed by atoms with Crippen molar-refractivity contribution in [1.82, 2.24) is 0 Å². The summed E-state index contributed by atoms with van der Waals surface area (Å²) in [5.41, 5.74) is 6.39. The molecule has 0 aliphatic heterocycles. The summed E-state index contributed by atoms with van der Waals surface area (Å²) < 4.78 is 10.8. The minimum Gasteiger partial charge on any atom is -0.489 e. The molecular formula is C15H21NO3S. The molecule has 0 saturated heterocycles. The summed E-state index contributed by atoms with van der Waals surface area (Å²) in [6, 6.07) is 5.86. The minimum absolute atomic E-state index is 0.135. The second-order valence-electron chi connectivity index (χ2n) is 5.01. The first kappa shape index (κ1) is 15.2. The van der Waals surface area contributed by atoms with Gasteiger partial charge >= 0.3 is 5.97 Å². The second kappa shape index (κ2) is 6.99. The number of hydrogen-bond acceptors (Lipinski definition) is 5. The fraction of sp³-hybridized carbons (Fsp3) is 0.533. The number of thioether (sulfide) groups is 1. The lowest BCUT2D eigenvalue weighted by Gasteiger charge is -2.27. The molecule has 0 aromatic heterocycles. The maximum atomic E-state index is 11.8. The van der Waals surface area contributed by atoms with E-state index in [1.54, 1.807) is 17.8 Å². The molecule has 1 aliphatic rings. The number of nitrogens with two attached hydrogens (primary N) is 1. The van der Waals surface area contributed by atoms with Gasteiger partial charge < -0.3 is 15.2 Å². The highest BCUT2D eigenvalue weighted by molar-refractivity contribution is 7.98. The van der Waals surface area contributed by atoms with E-state index < -0.39 is 0 Å². The molecule has 2 N–H and O–H groups in total. The van der Waals surface area contributed by atoms with Crippen LogP contribution < -0.4 is 10.5 Å². The van der Waals surface area contributed by atoms with Crippen LogP contribution in [-0.2, 0) is 4.74 Å². The van der Waals surface area contributed by atoms with E-state index >= 15 is 0 Å². The summed E-state index contributed by atoms with van der Waals surface area (Å²) in [6.45, 7) is 0. The zero-order valence-corrected chi connectivity index (χ0v) is 12.7. The van der Waals surface area contributed by atoms with E-state index in [9.17, 15) is 4.79 Å². The van der Waals surface area contributed by atoms with Crippen molar-refractivity contribution in [2.24, 2.45) is 5.73 Å². The van der Waals surface area contributed by atoms with Gasteiger partial charge in [-0.3, -0.25) is 0 Å². The molecule has 0 atom stereocenters. The van der Waals surface area contributed by atoms with Gasteiger partial charge in [0, 0.05) is 10.9 Å². The van der Waals surface area contributed by atoms with Crippen LogP contribution >= 0.6 is 11.8 Å². The number of carbonyl (C=O) groups excluding carboxylic acids is 1. The third-order valence-corrected chi connectivity index (χ3v) is 4.33. The fourth-order valence-corrected chi connectivity index (χ4v) is 2.82. The van der Waals surface area contributed by atoms with Crippen molar-refractivity contribution >= 4 is 17.7 Å². The second-order valence-corrected chi connectivity index (χ2v) is 5.89. The Bertz CT molecular complexity index is 470. The predicted molar refractivity (Wildman–Crippen MR) is 80.4 cm³/mol. The van der Waals surface area contributed by atoms with Crippen LogP contribution in [0.5, 0.6) is 5.75 Å². The summed E-state index contributed by atoms with van der Waals surface area (Å²) in [5, 5.41) is 0. The Morgan fingerprint density at radius 3 is 2.60 bits per heavy atom. The molecule has 2 rings (SSSR count). The molecule has 0 spiro atoms. The monoisotopic (exact) mass is 295 g/mol. The maximum absolute atomic E-state index is 11.8. The lowest BCUT2D eigenvalue weighted by molar-refractivity contribution is 0.0589. The average Bonchev–Trinajstić information content (AvgIpc) is 2.48. The molecule has 0 bridgehead atoms. The van der Waals surface area contributed by atoms with Crippen LogP contribution in [0.2, 0.25) is 0 Å². The summed E-state index contributed by atoms with van der Waals surface area (Å²) in [7, 11) is 1.38. The molecule has 4 nitrogen and oxygen atoms in total. The molecule has 0 amide bonds. The standard InChI is InChI=1S/C15H21NO3S/c1-18-15(17)13-8-7-12(20-2)9-14(13)19-11-5-3-10(16)4-6-11/h7-11H,3-6,16H2,1-2H3/t10-,11+. The Morgan fingerprint density at radius 1 is 1.30 bits per heavy atom. The van der Waals surface area contributed by atoms with Crippen LogP contribution in [0, 0.1) is 0 Å². The molecule has 1 saturated carbocycles. The third kappa shape index (κ3) is 3.67. The lowest BCUT2D eigenvalue weighted by Crippen LogP contribution is -2.32. The van der Waals surface area contributed by atoms with Gasteiger partial charge in [-0.05, 0) is 50.1 Å². The Morgan fingerprint density at radius 2 is 2.00 bits per heavy atom. The van der Waals surface area contributed by atoms with Gasteiger partial charge in [0.25, 0.3) is 0 Å². The molecule has 0 radical (unpaired) electrons. The van der Waals surface area contributed by atoms with Gasteiger partial charge in [-0.2, -0.15) is 0 Å². The molecule has 1 fully saturated rings. The molecule has 1 aliphatic carbocycles. The quantitative estimate of drug-likeness (QED) is 0.683. The van der Waals surface area contributed by atoms with Crippen LogP contribution in [-0.4, -0.2) is 31.5 Å². The smallest absolute Gasteiger partial charge is 0.341 e. The summed E-state index contributed by atoms with van der Waals surface area (Å²) in [4.78, 5) is 12.9. The van der Waals surface area contributed by atoms with Crippen LogP contribution in [0.15, 0.2) is 23.1 Å². The van der Waals surface area contributed by atoms with Gasteiger partial charge in [0.1, 0.15) is 11.3 Å². The van der Waals surface area contributed by atoms with Gasteiger partial charge in [-0.25, -0.2) is 4.79 Å². The SMILES string of the molecule is COC(=O)c1ccc(SC)cc1O[C@H]1CC[C@@H](N)CC1. The number of hydrogen-bond donors (Lipinski definition) is 1. The van der Waals surface area contributed by atoms with Gasteiger partial charge in [0.15, 0.2) is 0 Å². The zero-order valence-electron chi connectivity index (χ0n) is 11.9. The van der Waals surface area contributed by atoms with E-state index in [1.807, 2.05) is 18.4 Å². The zero-order chi connectivity index (χ0) is 14.5. The first-order chi connectivity index (χ1) is 9.63. The van der Waals surface area contributed by atoms with Crippen LogP contribution in [0.25, 0.3) is 0 Å². The Hall–Kier alpha value is -1.20. The Kier molecular flexibility index (Phi) is 5.31. The highest BCUT2D eigenvalue weighted by atomic mass is 32.2. The number of ether oxygens (including phenoxy) is 2. The van der Waals surface area contributed by atoms with Gasteiger partial charge in [0.2, 0.25) is 0 Å². The summed E-state index contributed by atoms with van der Waals surface area (Å²) >= 11 is 1.62. The van der Waals surface area contributed by atoms with Crippen molar-refractivity contribution < 1.29 is 14.3 Å². The number of benzene rings is 1. The first-order valence-corrected chi connectivity index (χ1v) is 8.05. The Labute approximate surface area is 124 Å². The Balaban J connectivity index is 2.17. The highest BCUT2D eigenvalue weighted by Gasteiger charge is 2.22. The van der Waals surface area contributed by atoms with Gasteiger partial charge in [0.05, 0.1) is 13.2 Å². The van der Waals surface area contributed by atoms with Gasteiger partial charge in [-0.1, -0.05) is 0 Å². The van der Waals surface area contributed by atoms with E-state index in [2.05, 4.69) is 0 Å². The lowest BCUT2D eigenvalue weighted by atomic mass is 9.93. The largest absolute Gasteiger partial charge is 0.489 e. The number of carbonyl (C=O) groups is 1. The fourth-order valence-electron chi connectivity index (χ4n) is 2.39. The number of rotatable bonds is 4. The predicted octanol–water partition coefficient (Wildman–Crippen LogP) is 2.84. The topological polar surface area (TPSA) is 61.5 Å². The van der Waals surface area contributed by atoms with Crippen molar-refractivity contribution in [2.45, 2.75) is 42.7 Å². The molecule has 0 unspecified atom stereocenters. The van der Waals surface area contributed by atoms with Crippen molar-refractivity contribution in [1.29, 1.82) is 0 Å². The van der Waals surface area contributed by atoms with Crippen molar-refractivity contribution in [2.75, 3.05) is 13.4 Å². The number of methoxy groups -OCH3 is 1. The summed E-state index contributed by atoms with van der Waals surface area (Å²) in [5.74, 6) is 0.254. The molecule has 1 aromatic carbocycles. The first-order valence-electron chi connectivity index (χ1n) is 6.82. The molecule has 110 valence electrons. The average molecular weight is 295 g/mol. The number of esters is 1. The van der Waals surface area contributed by atoms with E-state index in [0.29, 0.717) is 11.3 Å². The van der Waals surface area contributed by atoms with E-state index in [4.69, 9.17) is 15.2 Å². The van der Waals surface area contributed by atoms with Crippen LogP contribution in [0.4, 0.5) is 0 Å². The van der Waals surface area contributed by atoms with Crippen molar-refractivity contribution in [3.05, 3.63) is 23.8 Å². The third-order valence-electron chi connectivity index (χ3n) is 3.61. The van der Waals surface area contributed by atoms with Crippen LogP contribution in [0.3, 0.4) is 0 Å². The molecule has 20 heavy (non-hydrogen) atoms. The normalized spacial score (nSPS) is 22.4. The van der Waals surface area contributed by atoms with E-state index in [-0.39, 0.29) is 18.1 Å². The minimum atomic E-state index is -0.361.